The van der Waals surface area contributed by atoms with E-state index in [2.05, 4.69) is 6.92 Å². The van der Waals surface area contributed by atoms with Crippen LogP contribution >= 0.6 is 11.8 Å². The van der Waals surface area contributed by atoms with Crippen LogP contribution in [-0.4, -0.2) is 62.9 Å². The summed E-state index contributed by atoms with van der Waals surface area (Å²) in [6.45, 7) is 4.77. The summed E-state index contributed by atoms with van der Waals surface area (Å²) in [7, 11) is 1.96. The van der Waals surface area contributed by atoms with Gasteiger partial charge in [0.15, 0.2) is 0 Å². The summed E-state index contributed by atoms with van der Waals surface area (Å²) in [5.41, 5.74) is 3.54. The highest BCUT2D eigenvalue weighted by Gasteiger charge is 2.43. The molecule has 1 saturated heterocycles. The number of carbonyl (C=O) groups is 2. The molecule has 1 aromatic heterocycles. The number of amides is 2. The molecule has 0 saturated carbocycles. The fourth-order valence-electron chi connectivity index (χ4n) is 4.06. The summed E-state index contributed by atoms with van der Waals surface area (Å²) in [4.78, 5) is 29.2. The summed E-state index contributed by atoms with van der Waals surface area (Å²) >= 11 is 1.79. The molecule has 4 rings (SSSR count). The number of rotatable bonds is 3. The van der Waals surface area contributed by atoms with Gasteiger partial charge in [-0.1, -0.05) is 0 Å². The number of nitrogens with zero attached hydrogens (tertiary/aromatic N) is 3. The van der Waals surface area contributed by atoms with Crippen molar-refractivity contribution in [1.29, 1.82) is 0 Å². The van der Waals surface area contributed by atoms with Crippen LogP contribution in [0.1, 0.15) is 25.3 Å². The van der Waals surface area contributed by atoms with E-state index in [1.54, 1.807) is 17.8 Å². The Morgan fingerprint density at radius 3 is 2.42 bits per heavy atom. The van der Waals surface area contributed by atoms with Crippen LogP contribution in [0.2, 0.25) is 0 Å². The second-order valence-corrected chi connectivity index (χ2v) is 9.29. The van der Waals surface area contributed by atoms with Crippen molar-refractivity contribution in [3.05, 3.63) is 41.2 Å². The van der Waals surface area contributed by atoms with Crippen molar-refractivity contribution in [3.63, 3.8) is 0 Å². The molecule has 4 heterocycles. The predicted molar refractivity (Wildman–Crippen MR) is 105 cm³/mol. The molecule has 0 aliphatic carbocycles. The smallest absolute Gasteiger partial charge is 0.247 e. The molecule has 138 valence electrons. The van der Waals surface area contributed by atoms with Crippen LogP contribution in [0, 0.1) is 0 Å². The van der Waals surface area contributed by atoms with E-state index in [4.69, 9.17) is 0 Å². The quantitative estimate of drug-likeness (QED) is 0.605. The van der Waals surface area contributed by atoms with E-state index in [9.17, 15) is 9.59 Å². The van der Waals surface area contributed by atoms with E-state index in [-0.39, 0.29) is 16.6 Å². The molecule has 0 spiro atoms. The Bertz CT molecular complexity index is 784. The normalized spacial score (nSPS) is 25.6. The summed E-state index contributed by atoms with van der Waals surface area (Å²) < 4.78 is 1.72. The lowest BCUT2D eigenvalue weighted by Gasteiger charge is -2.29. The molecule has 0 radical (unpaired) electrons. The van der Waals surface area contributed by atoms with Crippen molar-refractivity contribution in [1.82, 2.24) is 14.4 Å². The molecule has 1 aromatic rings. The molecule has 3 aliphatic heterocycles. The maximum atomic E-state index is 12.9. The number of thioether (sulfide) groups is 1. The molecule has 6 heteroatoms. The summed E-state index contributed by atoms with van der Waals surface area (Å²) in [5.74, 6) is 1.40. The van der Waals surface area contributed by atoms with Crippen molar-refractivity contribution >= 4 is 29.7 Å². The first kappa shape index (κ1) is 17.5. The summed E-state index contributed by atoms with van der Waals surface area (Å²) in [6.07, 6.45) is 9.56. The zero-order chi connectivity index (χ0) is 18.3. The first-order valence-corrected chi connectivity index (χ1v) is 10.2. The molecule has 0 aromatic carbocycles. The van der Waals surface area contributed by atoms with Gasteiger partial charge in [-0.3, -0.25) is 9.59 Å². The topological polar surface area (TPSA) is 45.6 Å². The highest BCUT2D eigenvalue weighted by atomic mass is 32.2. The first-order valence-electron chi connectivity index (χ1n) is 9.17. The third-order valence-electron chi connectivity index (χ3n) is 5.57. The fourth-order valence-corrected chi connectivity index (χ4v) is 5.34. The second-order valence-electron chi connectivity index (χ2n) is 7.69. The maximum absolute atomic E-state index is 12.9. The fraction of sp³-hybridized carbons (Fsp3) is 0.500. The van der Waals surface area contributed by atoms with Crippen molar-refractivity contribution in [2.24, 2.45) is 7.05 Å². The summed E-state index contributed by atoms with van der Waals surface area (Å²) in [6, 6.07) is 1.98. The zero-order valence-corrected chi connectivity index (χ0v) is 16.2. The minimum Gasteiger partial charge on any atom is -0.357 e. The minimum atomic E-state index is -0.242. The van der Waals surface area contributed by atoms with Crippen LogP contribution in [0.5, 0.6) is 0 Å². The molecule has 26 heavy (non-hydrogen) atoms. The largest absolute Gasteiger partial charge is 0.357 e. The molecule has 1 atom stereocenters. The van der Waals surface area contributed by atoms with E-state index in [1.165, 1.54) is 11.1 Å². The van der Waals surface area contributed by atoms with Gasteiger partial charge in [0.25, 0.3) is 0 Å². The summed E-state index contributed by atoms with van der Waals surface area (Å²) in [5, 5.41) is 0. The van der Waals surface area contributed by atoms with Crippen LogP contribution in [0.4, 0.5) is 0 Å². The third-order valence-corrected chi connectivity index (χ3v) is 7.08. The Morgan fingerprint density at radius 1 is 1.15 bits per heavy atom. The molecule has 3 aliphatic rings. The number of aromatic nitrogens is 1. The molecule has 1 unspecified atom stereocenters. The van der Waals surface area contributed by atoms with E-state index < -0.39 is 0 Å². The van der Waals surface area contributed by atoms with Gasteiger partial charge in [-0.05, 0) is 54.4 Å². The Kier molecular flexibility index (Phi) is 4.47. The van der Waals surface area contributed by atoms with Gasteiger partial charge in [-0.15, -0.1) is 11.8 Å². The minimum absolute atomic E-state index is 0.0411. The number of hydrogen-bond donors (Lipinski definition) is 0. The van der Waals surface area contributed by atoms with Crippen LogP contribution in [-0.2, 0) is 16.6 Å². The average molecular weight is 372 g/mol. The van der Waals surface area contributed by atoms with Gasteiger partial charge in [0.05, 0.1) is 4.75 Å². The molecule has 0 bridgehead atoms. The van der Waals surface area contributed by atoms with E-state index in [1.807, 2.05) is 46.0 Å². The van der Waals surface area contributed by atoms with Gasteiger partial charge in [0.2, 0.25) is 11.8 Å². The van der Waals surface area contributed by atoms with Crippen molar-refractivity contribution < 1.29 is 9.59 Å². The first-order chi connectivity index (χ1) is 12.4. The van der Waals surface area contributed by atoms with Gasteiger partial charge >= 0.3 is 0 Å². The van der Waals surface area contributed by atoms with Crippen molar-refractivity contribution in [3.8, 4) is 0 Å². The Labute approximate surface area is 158 Å². The van der Waals surface area contributed by atoms with E-state index in [0.717, 1.165) is 24.2 Å². The molecular weight excluding hydrogens is 346 g/mol. The lowest BCUT2D eigenvalue weighted by Crippen LogP contribution is -2.44. The highest BCUT2D eigenvalue weighted by molar-refractivity contribution is 8.01. The molecule has 5 nitrogen and oxygen atoms in total. The predicted octanol–water partition coefficient (Wildman–Crippen LogP) is 2.30. The van der Waals surface area contributed by atoms with Gasteiger partial charge in [-0.2, -0.15) is 0 Å². The van der Waals surface area contributed by atoms with E-state index in [0.29, 0.717) is 26.2 Å². The van der Waals surface area contributed by atoms with Crippen LogP contribution < -0.4 is 0 Å². The maximum Gasteiger partial charge on any atom is 0.247 e. The lowest BCUT2D eigenvalue weighted by molar-refractivity contribution is -0.132. The van der Waals surface area contributed by atoms with Crippen LogP contribution in [0.15, 0.2) is 35.7 Å². The van der Waals surface area contributed by atoms with Gasteiger partial charge in [0, 0.05) is 51.7 Å². The molecule has 2 amide bonds. The molecule has 0 N–H and O–H groups in total. The Hall–Kier alpha value is -1.95. The van der Waals surface area contributed by atoms with Gasteiger partial charge in [-0.25, -0.2) is 0 Å². The standard InChI is InChI=1S/C20H25N3O2S/c1-20(7-3-9-26-20)19(25)23-13-16-11-22(12-17(16)14-23)18(24)5-4-15-6-8-21(2)10-15/h4-6,8,10H,3,7,9,11-14H2,1-2H3/b5-4+. The number of hydrogen-bond acceptors (Lipinski definition) is 3. The van der Waals surface area contributed by atoms with E-state index >= 15 is 0 Å². The number of aryl methyl sites for hydroxylation is 1. The number of carbonyl (C=O) groups excluding carboxylic acids is 2. The molecule has 1 fully saturated rings. The average Bonchev–Trinajstić information content (AvgIpc) is 3.35. The molecular formula is C20H25N3O2S. The Morgan fingerprint density at radius 2 is 1.85 bits per heavy atom. The SMILES string of the molecule is Cn1ccc(/C=C/C(=O)N2CC3=C(C2)CN(C(=O)C2(C)CCCS2)C3)c1. The zero-order valence-electron chi connectivity index (χ0n) is 15.4. The van der Waals surface area contributed by atoms with Crippen LogP contribution in [0.25, 0.3) is 6.08 Å². The van der Waals surface area contributed by atoms with Gasteiger partial charge in [0.1, 0.15) is 0 Å². The second kappa shape index (κ2) is 6.65. The van der Waals surface area contributed by atoms with Crippen molar-refractivity contribution in [2.75, 3.05) is 31.9 Å². The Balaban J connectivity index is 1.33. The third kappa shape index (κ3) is 3.22. The monoisotopic (exact) mass is 371 g/mol. The lowest BCUT2D eigenvalue weighted by atomic mass is 10.0. The highest BCUT2D eigenvalue weighted by Crippen LogP contribution is 2.40. The van der Waals surface area contributed by atoms with Crippen LogP contribution in [0.3, 0.4) is 0 Å². The van der Waals surface area contributed by atoms with Crippen molar-refractivity contribution in [2.45, 2.75) is 24.5 Å². The van der Waals surface area contributed by atoms with Gasteiger partial charge < -0.3 is 14.4 Å².